The minimum Gasteiger partial charge on any atom is -0.340 e. The molecule has 0 bridgehead atoms. The molecule has 8 nitrogen and oxygen atoms in total. The minimum absolute atomic E-state index is 0.00480. The second-order valence-corrected chi connectivity index (χ2v) is 8.37. The highest BCUT2D eigenvalue weighted by atomic mass is 16.2. The Morgan fingerprint density at radius 2 is 2.06 bits per heavy atom. The van der Waals surface area contributed by atoms with E-state index in [1.165, 1.54) is 6.33 Å². The van der Waals surface area contributed by atoms with Crippen LogP contribution in [0, 0.1) is 12.3 Å². The first-order valence-electron chi connectivity index (χ1n) is 10.7. The van der Waals surface area contributed by atoms with Gasteiger partial charge in [-0.15, -0.1) is 12.3 Å². The van der Waals surface area contributed by atoms with Gasteiger partial charge in [0.1, 0.15) is 23.7 Å². The minimum atomic E-state index is -0.609. The molecule has 164 valence electrons. The third kappa shape index (κ3) is 3.57. The van der Waals surface area contributed by atoms with Gasteiger partial charge in [0, 0.05) is 43.5 Å². The predicted molar refractivity (Wildman–Crippen MR) is 124 cm³/mol. The molecule has 0 fully saturated rings. The standard InChI is InChI=1S/C25H22N6O2/c1-3-4-10-31(2)23(32)20-12-21(28-15-27-20)29-18-8-7-16-13-25(14-17(16)11-18)19-6-5-9-26-22(19)30-24(25)33/h1,5-9,11-12,15H,4,10,13-14H2,2H3,(H,26,30,33)(H,27,28,29). The van der Waals surface area contributed by atoms with Crippen LogP contribution in [0.1, 0.15) is 33.6 Å². The van der Waals surface area contributed by atoms with E-state index in [-0.39, 0.29) is 11.8 Å². The summed E-state index contributed by atoms with van der Waals surface area (Å²) in [5.74, 6) is 3.47. The zero-order valence-corrected chi connectivity index (χ0v) is 18.1. The first kappa shape index (κ1) is 20.6. The van der Waals surface area contributed by atoms with E-state index in [0.717, 1.165) is 22.4 Å². The van der Waals surface area contributed by atoms with Crippen molar-refractivity contribution in [1.29, 1.82) is 0 Å². The second kappa shape index (κ2) is 8.02. The summed E-state index contributed by atoms with van der Waals surface area (Å²) in [5.41, 5.74) is 3.70. The summed E-state index contributed by atoms with van der Waals surface area (Å²) in [5, 5.41) is 6.18. The van der Waals surface area contributed by atoms with Crippen LogP contribution in [0.5, 0.6) is 0 Å². The summed E-state index contributed by atoms with van der Waals surface area (Å²) in [7, 11) is 1.69. The van der Waals surface area contributed by atoms with Crippen LogP contribution >= 0.6 is 0 Å². The Labute approximate surface area is 191 Å². The van der Waals surface area contributed by atoms with E-state index in [0.29, 0.717) is 43.1 Å². The normalized spacial score (nSPS) is 17.8. The van der Waals surface area contributed by atoms with Gasteiger partial charge in [0.05, 0.1) is 5.41 Å². The van der Waals surface area contributed by atoms with Crippen LogP contribution in [-0.4, -0.2) is 45.3 Å². The molecule has 2 N–H and O–H groups in total. The number of fused-ring (bicyclic) bond motifs is 3. The Kier molecular flexibility index (Phi) is 5.02. The van der Waals surface area contributed by atoms with Crippen LogP contribution in [0.3, 0.4) is 0 Å². The highest BCUT2D eigenvalue weighted by molar-refractivity contribution is 6.06. The number of carbonyl (C=O) groups excluding carboxylic acids is 2. The third-order valence-corrected chi connectivity index (χ3v) is 6.28. The van der Waals surface area contributed by atoms with E-state index in [2.05, 4.69) is 31.5 Å². The summed E-state index contributed by atoms with van der Waals surface area (Å²) in [6.45, 7) is 0.459. The largest absolute Gasteiger partial charge is 0.340 e. The molecule has 0 saturated carbocycles. The summed E-state index contributed by atoms with van der Waals surface area (Å²) in [6.07, 6.45) is 10.1. The molecule has 3 heterocycles. The van der Waals surface area contributed by atoms with Crippen LogP contribution in [0.25, 0.3) is 0 Å². The molecule has 5 rings (SSSR count). The lowest BCUT2D eigenvalue weighted by atomic mass is 9.79. The highest BCUT2D eigenvalue weighted by Crippen LogP contribution is 2.47. The zero-order chi connectivity index (χ0) is 23.0. The number of rotatable bonds is 5. The van der Waals surface area contributed by atoms with Crippen molar-refractivity contribution < 1.29 is 9.59 Å². The van der Waals surface area contributed by atoms with E-state index in [4.69, 9.17) is 6.42 Å². The van der Waals surface area contributed by atoms with Crippen molar-refractivity contribution in [3.05, 3.63) is 71.3 Å². The first-order valence-corrected chi connectivity index (χ1v) is 10.7. The van der Waals surface area contributed by atoms with Gasteiger partial charge in [-0.05, 0) is 42.2 Å². The number of nitrogens with zero attached hydrogens (tertiary/aromatic N) is 4. The van der Waals surface area contributed by atoms with Gasteiger partial charge in [-0.1, -0.05) is 12.1 Å². The van der Waals surface area contributed by atoms with Crippen molar-refractivity contribution in [2.75, 3.05) is 24.2 Å². The van der Waals surface area contributed by atoms with Crippen molar-refractivity contribution in [1.82, 2.24) is 19.9 Å². The molecule has 1 aromatic carbocycles. The van der Waals surface area contributed by atoms with Crippen molar-refractivity contribution in [2.24, 2.45) is 0 Å². The van der Waals surface area contributed by atoms with E-state index in [1.807, 2.05) is 30.3 Å². The van der Waals surface area contributed by atoms with Crippen molar-refractivity contribution in [2.45, 2.75) is 24.7 Å². The number of terminal acetylenes is 1. The maximum absolute atomic E-state index is 12.9. The molecular formula is C25H22N6O2. The van der Waals surface area contributed by atoms with E-state index in [1.54, 1.807) is 24.2 Å². The maximum Gasteiger partial charge on any atom is 0.272 e. The summed E-state index contributed by atoms with van der Waals surface area (Å²) < 4.78 is 0. The molecule has 0 saturated heterocycles. The molecule has 1 spiro atoms. The molecule has 2 aromatic heterocycles. The Hall–Kier alpha value is -4.25. The average molecular weight is 438 g/mol. The SMILES string of the molecule is C#CCCN(C)C(=O)c1cc(Nc2ccc3c(c2)CC2(C3)C(=O)Nc3ncccc32)ncn1. The average Bonchev–Trinajstić information content (AvgIpc) is 3.34. The summed E-state index contributed by atoms with van der Waals surface area (Å²) >= 11 is 0. The summed E-state index contributed by atoms with van der Waals surface area (Å²) in [6, 6.07) is 11.5. The number of anilines is 3. The van der Waals surface area contributed by atoms with Gasteiger partial charge in [-0.3, -0.25) is 9.59 Å². The molecule has 1 aliphatic carbocycles. The molecular weight excluding hydrogens is 416 g/mol. The Bertz CT molecular complexity index is 1310. The Balaban J connectivity index is 1.36. The molecule has 33 heavy (non-hydrogen) atoms. The fourth-order valence-electron chi connectivity index (χ4n) is 4.56. The molecule has 1 atom stereocenters. The number of hydrogen-bond donors (Lipinski definition) is 2. The van der Waals surface area contributed by atoms with Gasteiger partial charge in [0.15, 0.2) is 0 Å². The highest BCUT2D eigenvalue weighted by Gasteiger charge is 2.51. The maximum atomic E-state index is 12.9. The van der Waals surface area contributed by atoms with Crippen LogP contribution in [-0.2, 0) is 23.1 Å². The summed E-state index contributed by atoms with van der Waals surface area (Å²) in [4.78, 5) is 39.7. The lowest BCUT2D eigenvalue weighted by molar-refractivity contribution is -0.120. The number of pyridine rings is 1. The molecule has 2 amide bonds. The van der Waals surface area contributed by atoms with Crippen molar-refractivity contribution in [3.63, 3.8) is 0 Å². The lowest BCUT2D eigenvalue weighted by Gasteiger charge is -2.20. The van der Waals surface area contributed by atoms with E-state index < -0.39 is 5.41 Å². The van der Waals surface area contributed by atoms with Gasteiger partial charge in [0.25, 0.3) is 5.91 Å². The monoisotopic (exact) mass is 438 g/mol. The van der Waals surface area contributed by atoms with Gasteiger partial charge < -0.3 is 15.5 Å². The van der Waals surface area contributed by atoms with Crippen molar-refractivity contribution in [3.8, 4) is 12.3 Å². The van der Waals surface area contributed by atoms with Gasteiger partial charge >= 0.3 is 0 Å². The van der Waals surface area contributed by atoms with Crippen LogP contribution in [0.2, 0.25) is 0 Å². The molecule has 3 aromatic rings. The number of amides is 2. The fraction of sp³-hybridized carbons (Fsp3) is 0.240. The number of aromatic nitrogens is 3. The third-order valence-electron chi connectivity index (χ3n) is 6.28. The molecule has 1 aliphatic heterocycles. The van der Waals surface area contributed by atoms with Crippen LogP contribution in [0.4, 0.5) is 17.3 Å². The fourth-order valence-corrected chi connectivity index (χ4v) is 4.56. The Morgan fingerprint density at radius 1 is 1.21 bits per heavy atom. The van der Waals surface area contributed by atoms with Crippen molar-refractivity contribution >= 4 is 29.1 Å². The molecule has 0 radical (unpaired) electrons. The Morgan fingerprint density at radius 3 is 2.91 bits per heavy atom. The quantitative estimate of drug-likeness (QED) is 0.594. The first-order chi connectivity index (χ1) is 16.0. The molecule has 1 unspecified atom stereocenters. The predicted octanol–water partition coefficient (Wildman–Crippen LogP) is 2.70. The van der Waals surface area contributed by atoms with Gasteiger partial charge in [-0.25, -0.2) is 15.0 Å². The number of nitrogens with one attached hydrogen (secondary N) is 2. The molecule has 2 aliphatic rings. The number of carbonyl (C=O) groups is 2. The second-order valence-electron chi connectivity index (χ2n) is 8.37. The topological polar surface area (TPSA) is 100 Å². The number of hydrogen-bond acceptors (Lipinski definition) is 6. The van der Waals surface area contributed by atoms with Crippen LogP contribution in [0.15, 0.2) is 48.9 Å². The van der Waals surface area contributed by atoms with E-state index in [9.17, 15) is 9.59 Å². The van der Waals surface area contributed by atoms with Gasteiger partial charge in [-0.2, -0.15) is 0 Å². The smallest absolute Gasteiger partial charge is 0.272 e. The zero-order valence-electron chi connectivity index (χ0n) is 18.1. The lowest BCUT2D eigenvalue weighted by Crippen LogP contribution is -2.35. The van der Waals surface area contributed by atoms with E-state index >= 15 is 0 Å². The number of benzene rings is 1. The van der Waals surface area contributed by atoms with Crippen LogP contribution < -0.4 is 10.6 Å². The molecule has 8 heteroatoms. The van der Waals surface area contributed by atoms with Gasteiger partial charge in [0.2, 0.25) is 5.91 Å².